The smallest absolute Gasteiger partial charge is 0.453 e. The second kappa shape index (κ2) is 7.02. The highest BCUT2D eigenvalue weighted by molar-refractivity contribution is 7.90. The van der Waals surface area contributed by atoms with Crippen LogP contribution in [0.1, 0.15) is 5.82 Å². The fraction of sp³-hybridized carbons (Fsp3) is 0.200. The van der Waals surface area contributed by atoms with Crippen LogP contribution < -0.4 is 4.74 Å². The highest BCUT2D eigenvalue weighted by Crippen LogP contribution is 2.33. The van der Waals surface area contributed by atoms with Crippen molar-refractivity contribution in [2.75, 3.05) is 13.4 Å². The summed E-state index contributed by atoms with van der Waals surface area (Å²) in [5.41, 5.74) is 0.199. The average molecular weight is 434 g/mol. The Labute approximate surface area is 161 Å². The number of methoxy groups -OCH3 is 1. The van der Waals surface area contributed by atoms with Crippen molar-refractivity contribution in [1.82, 2.24) is 24.7 Å². The summed E-state index contributed by atoms with van der Waals surface area (Å²) in [5.74, 6) is -1.62. The van der Waals surface area contributed by atoms with Crippen molar-refractivity contribution in [3.05, 3.63) is 41.4 Å². The van der Waals surface area contributed by atoms with Crippen molar-refractivity contribution in [2.45, 2.75) is 11.1 Å². The molecule has 3 aromatic rings. The largest absolute Gasteiger partial charge is 0.495 e. The topological polar surface area (TPSA) is 99.9 Å². The molecule has 0 saturated carbocycles. The number of halogens is 4. The first-order valence-corrected chi connectivity index (χ1v) is 9.68. The number of hydrogen-bond acceptors (Lipinski definition) is 7. The van der Waals surface area contributed by atoms with Gasteiger partial charge in [0.1, 0.15) is 10.6 Å². The molecule has 1 aromatic carbocycles. The van der Waals surface area contributed by atoms with Crippen molar-refractivity contribution >= 4 is 21.4 Å². The maximum Gasteiger partial charge on any atom is 0.453 e. The van der Waals surface area contributed by atoms with E-state index in [0.29, 0.717) is 5.75 Å². The van der Waals surface area contributed by atoms with Crippen LogP contribution in [0.15, 0.2) is 35.5 Å². The minimum Gasteiger partial charge on any atom is -0.495 e. The monoisotopic (exact) mass is 433 g/mol. The first kappa shape index (κ1) is 20.0. The fourth-order valence-corrected chi connectivity index (χ4v) is 2.92. The minimum absolute atomic E-state index is 0.149. The van der Waals surface area contributed by atoms with Crippen LogP contribution in [0.25, 0.3) is 17.3 Å². The van der Waals surface area contributed by atoms with Crippen molar-refractivity contribution in [3.63, 3.8) is 0 Å². The van der Waals surface area contributed by atoms with Crippen LogP contribution in [-0.2, 0) is 16.0 Å². The average Bonchev–Trinajstić information content (AvgIpc) is 3.07. The Balaban J connectivity index is 2.18. The first-order valence-electron chi connectivity index (χ1n) is 7.41. The van der Waals surface area contributed by atoms with Gasteiger partial charge in [-0.2, -0.15) is 17.9 Å². The van der Waals surface area contributed by atoms with E-state index in [2.05, 4.69) is 20.1 Å². The first-order chi connectivity index (χ1) is 13.0. The van der Waals surface area contributed by atoms with Gasteiger partial charge in [-0.1, -0.05) is 11.6 Å². The lowest BCUT2D eigenvalue weighted by Gasteiger charge is -2.07. The molecule has 148 valence electrons. The Kier molecular flexibility index (Phi) is 5.02. The van der Waals surface area contributed by atoms with Crippen molar-refractivity contribution < 1.29 is 26.3 Å². The third kappa shape index (κ3) is 3.92. The highest BCUT2D eigenvalue weighted by atomic mass is 35.5. The van der Waals surface area contributed by atoms with E-state index in [1.165, 1.54) is 25.3 Å². The number of nitrogens with zero attached hydrogens (tertiary/aromatic N) is 5. The van der Waals surface area contributed by atoms with E-state index < -0.39 is 21.8 Å². The summed E-state index contributed by atoms with van der Waals surface area (Å²) in [7, 11) is -2.19. The van der Waals surface area contributed by atoms with Crippen LogP contribution in [0, 0.1) is 0 Å². The molecule has 0 radical (unpaired) electrons. The van der Waals surface area contributed by atoms with Gasteiger partial charge in [-0.05, 0) is 18.2 Å². The van der Waals surface area contributed by atoms with Crippen LogP contribution in [0.3, 0.4) is 0 Å². The summed E-state index contributed by atoms with van der Waals surface area (Å²) < 4.78 is 68.2. The minimum atomic E-state index is -4.82. The fourth-order valence-electron chi connectivity index (χ4n) is 2.17. The lowest BCUT2D eigenvalue weighted by molar-refractivity contribution is -0.144. The van der Waals surface area contributed by atoms with E-state index in [9.17, 15) is 21.6 Å². The Morgan fingerprint density at radius 2 is 1.82 bits per heavy atom. The van der Waals surface area contributed by atoms with Crippen molar-refractivity contribution in [2.24, 2.45) is 0 Å². The van der Waals surface area contributed by atoms with Gasteiger partial charge >= 0.3 is 6.18 Å². The zero-order valence-electron chi connectivity index (χ0n) is 14.3. The lowest BCUT2D eigenvalue weighted by Crippen LogP contribution is -2.10. The SMILES string of the molecule is COc1ccc(-c2nc(C(F)(F)F)nn2-c2ncc(S(C)(=O)=O)cn2)cc1Cl. The summed E-state index contributed by atoms with van der Waals surface area (Å²) >= 11 is 6.04. The molecule has 0 saturated heterocycles. The molecule has 0 N–H and O–H groups in total. The molecule has 8 nitrogen and oxygen atoms in total. The van der Waals surface area contributed by atoms with Gasteiger partial charge in [0.25, 0.3) is 11.8 Å². The molecule has 0 bridgehead atoms. The van der Waals surface area contributed by atoms with Crippen LogP contribution in [0.4, 0.5) is 13.2 Å². The molecular formula is C15H11ClF3N5O3S. The van der Waals surface area contributed by atoms with Gasteiger partial charge in [-0.3, -0.25) is 0 Å². The Morgan fingerprint density at radius 1 is 1.18 bits per heavy atom. The Morgan fingerprint density at radius 3 is 2.32 bits per heavy atom. The number of sulfone groups is 1. The molecule has 0 aliphatic heterocycles. The molecule has 0 fully saturated rings. The molecule has 0 atom stereocenters. The number of ether oxygens (including phenoxy) is 1. The van der Waals surface area contributed by atoms with Gasteiger partial charge in [0.15, 0.2) is 15.7 Å². The predicted molar refractivity (Wildman–Crippen MR) is 92.1 cm³/mol. The normalized spacial score (nSPS) is 12.2. The van der Waals surface area contributed by atoms with Gasteiger partial charge < -0.3 is 4.74 Å². The number of benzene rings is 1. The van der Waals surface area contributed by atoms with Crippen molar-refractivity contribution in [3.8, 4) is 23.1 Å². The maximum atomic E-state index is 13.1. The van der Waals surface area contributed by atoms with Gasteiger partial charge in [0.2, 0.25) is 0 Å². The van der Waals surface area contributed by atoms with Crippen LogP contribution in [-0.4, -0.2) is 46.5 Å². The Bertz CT molecular complexity index is 1130. The number of aromatic nitrogens is 5. The summed E-state index contributed by atoms with van der Waals surface area (Å²) in [6.07, 6.45) is -1.93. The molecule has 2 aromatic heterocycles. The molecule has 13 heteroatoms. The number of rotatable bonds is 4. The van der Waals surface area contributed by atoms with E-state index in [1.807, 2.05) is 0 Å². The molecule has 0 aliphatic rings. The van der Waals surface area contributed by atoms with Gasteiger partial charge in [-0.25, -0.2) is 23.4 Å². The standard InChI is InChI=1S/C15H11ClF3N5O3S/c1-27-11-4-3-8(5-10(11)16)12-22-13(15(17,18)19)23-24(12)14-20-6-9(7-21-14)28(2,25)26/h3-7H,1-2H3. The third-order valence-corrected chi connectivity index (χ3v) is 4.87. The molecular weight excluding hydrogens is 423 g/mol. The van der Waals surface area contributed by atoms with E-state index in [-0.39, 0.29) is 27.3 Å². The summed E-state index contributed by atoms with van der Waals surface area (Å²) in [6.45, 7) is 0. The van der Waals surface area contributed by atoms with E-state index in [4.69, 9.17) is 16.3 Å². The molecule has 2 heterocycles. The lowest BCUT2D eigenvalue weighted by atomic mass is 10.2. The Hall–Kier alpha value is -2.73. The van der Waals surface area contributed by atoms with E-state index in [0.717, 1.165) is 23.3 Å². The molecule has 28 heavy (non-hydrogen) atoms. The summed E-state index contributed by atoms with van der Waals surface area (Å²) in [4.78, 5) is 10.9. The molecule has 0 aliphatic carbocycles. The summed E-state index contributed by atoms with van der Waals surface area (Å²) in [5, 5.41) is 3.57. The van der Waals surface area contributed by atoms with Crippen LogP contribution in [0.2, 0.25) is 5.02 Å². The molecule has 0 unspecified atom stereocenters. The summed E-state index contributed by atoms with van der Waals surface area (Å²) in [6, 6.07) is 4.25. The highest BCUT2D eigenvalue weighted by Gasteiger charge is 2.38. The van der Waals surface area contributed by atoms with Gasteiger partial charge in [0, 0.05) is 11.8 Å². The number of hydrogen-bond donors (Lipinski definition) is 0. The maximum absolute atomic E-state index is 13.1. The van der Waals surface area contributed by atoms with Gasteiger partial charge in [0.05, 0.1) is 24.5 Å². The zero-order valence-corrected chi connectivity index (χ0v) is 15.8. The molecule has 0 spiro atoms. The van der Waals surface area contributed by atoms with Crippen LogP contribution >= 0.6 is 11.6 Å². The zero-order chi connectivity index (χ0) is 20.7. The number of alkyl halides is 3. The molecule has 0 amide bonds. The van der Waals surface area contributed by atoms with Crippen molar-refractivity contribution in [1.29, 1.82) is 0 Å². The van der Waals surface area contributed by atoms with E-state index in [1.54, 1.807) is 0 Å². The quantitative estimate of drug-likeness (QED) is 0.623. The van der Waals surface area contributed by atoms with Gasteiger partial charge in [-0.15, -0.1) is 5.10 Å². The third-order valence-electron chi connectivity index (χ3n) is 3.50. The van der Waals surface area contributed by atoms with E-state index >= 15 is 0 Å². The molecule has 3 rings (SSSR count). The predicted octanol–water partition coefficient (Wildman–Crippen LogP) is 2.81. The second-order valence-electron chi connectivity index (χ2n) is 5.51. The second-order valence-corrected chi connectivity index (χ2v) is 7.93. The van der Waals surface area contributed by atoms with Crippen LogP contribution in [0.5, 0.6) is 5.75 Å².